The molecule has 16 N–H and O–H groups in total. The number of thioether (sulfide) groups is 1. The Bertz CT molecular complexity index is 4020. The number of hydrogen-bond acceptors (Lipinski definition) is 20. The van der Waals surface area contributed by atoms with E-state index in [9.17, 15) is 54.9 Å². The number of aliphatic hydroxyl groups excluding tert-OH is 1. The topological polar surface area (TPSA) is 418 Å². The van der Waals surface area contributed by atoms with Crippen molar-refractivity contribution in [3.8, 4) is 23.2 Å². The standard InChI is InChI=1S/C69H89N13O15S/c1-8-65(94)32-38-33-68(63(93)97-7,54-42(21-26-80(34-38)36-65)41-14-10-11-15-45(41)74-54)44-28-43-49(30-50(44)96-6)79(5)60-67(43)23-27-81-25-13-22-66(9-2,59(67)81)61(91)69(60,95)62(92)78-77-37(3)39-17-19-40(20-18-39)82-52(83)31-51(57(82)88)98-35-48(58(89)90)76-56(87)47(29-53(84)85)75-55(86)46(72-4)16-12-24-73-64(70)71/h10-11,13-15,17-20,22,28,30-31,38,46-48,59-61,72,74,83,88,91,94-95H,8-9,12,16,21,23-27,29,32-36H2,1-7H3,(H,75,86)(H,76,87)(H,78,92)(H,84,85)(H,89,90)(H4,70,71,73)/t38-,46+,47+,48+,59+,60-,61-,65+,66-,67-,68+,69+/m1/s1. The number of anilines is 1. The van der Waals surface area contributed by atoms with E-state index < -0.39 is 123 Å². The maximum atomic E-state index is 15.6. The molecule has 7 heterocycles. The number of carboxylic acids is 2. The molecule has 5 aromatic rings. The molecule has 2 bridgehead atoms. The number of H-pyrrole nitrogens is 1. The minimum absolute atomic E-state index is 0.0113. The SMILES string of the molecule is CC[C@]1(O)C[C@H]2CN(CCc3c([nH]c4ccccc34)[C@@](C(=O)OC)(c3cc4c(cc3OC)N(C)[C@H]3[C@@](O)(C(=O)NN=C(C)c5ccc(-n6c(O)cc(SC[C@H](NC(=O)[C@H](CC(=O)O)NC(=O)[C@H](CCCN=C(N)N)NC)C(=O)O)c6O)cc5)[C@H](O)[C@]5(CC)C=CCN6CC[C@]43[C@@H]65)C2)C1. The normalized spacial score (nSPS) is 27.9. The van der Waals surface area contributed by atoms with Gasteiger partial charge in [0.1, 0.15) is 29.4 Å². The number of rotatable bonds is 24. The number of ether oxygens (including phenoxy) is 2. The number of carbonyl (C=O) groups is 6. The number of methoxy groups -OCH3 is 2. The molecule has 3 aromatic carbocycles. The van der Waals surface area contributed by atoms with Crippen molar-refractivity contribution in [3.05, 3.63) is 107 Å². The Kier molecular flexibility index (Phi) is 19.8. The summed E-state index contributed by atoms with van der Waals surface area (Å²) in [6.07, 6.45) is 4.51. The summed E-state index contributed by atoms with van der Waals surface area (Å²) in [6, 6.07) is 13.6. The van der Waals surface area contributed by atoms with Crippen LogP contribution in [0.4, 0.5) is 5.69 Å². The second kappa shape index (κ2) is 27.5. The maximum Gasteiger partial charge on any atom is 0.327 e. The van der Waals surface area contributed by atoms with Crippen LogP contribution >= 0.6 is 11.8 Å². The first-order valence-electron chi connectivity index (χ1n) is 33.1. The number of para-hydroxylation sites is 1. The van der Waals surface area contributed by atoms with Crippen molar-refractivity contribution in [1.82, 2.24) is 40.7 Å². The highest BCUT2D eigenvalue weighted by molar-refractivity contribution is 7.99. The Morgan fingerprint density at radius 2 is 1.62 bits per heavy atom. The molecular weight excluding hydrogens is 1280 g/mol. The third-order valence-corrected chi connectivity index (χ3v) is 22.7. The summed E-state index contributed by atoms with van der Waals surface area (Å²) >= 11 is 0.764. The van der Waals surface area contributed by atoms with Crippen LogP contribution in [-0.2, 0) is 50.8 Å². The molecule has 1 saturated carbocycles. The molecule has 1 aliphatic carbocycles. The average Bonchev–Trinajstić information content (AvgIpc) is 1.46. The van der Waals surface area contributed by atoms with E-state index in [4.69, 9.17) is 20.9 Å². The van der Waals surface area contributed by atoms with Gasteiger partial charge in [-0.1, -0.05) is 56.3 Å². The number of guanidine groups is 1. The quantitative estimate of drug-likeness (QED) is 0.00801. The van der Waals surface area contributed by atoms with Crippen LogP contribution in [0.2, 0.25) is 0 Å². The van der Waals surface area contributed by atoms with Gasteiger partial charge in [0.15, 0.2) is 17.4 Å². The number of aliphatic hydroxyl groups is 3. The lowest BCUT2D eigenvalue weighted by molar-refractivity contribution is -0.203. The van der Waals surface area contributed by atoms with E-state index in [0.717, 1.165) is 38.4 Å². The van der Waals surface area contributed by atoms with Crippen LogP contribution in [0.1, 0.15) is 100 Å². The molecule has 1 spiro atoms. The Morgan fingerprint density at radius 3 is 2.30 bits per heavy atom. The lowest BCUT2D eigenvalue weighted by atomic mass is 9.47. The minimum atomic E-state index is -2.57. The molecule has 3 amide bonds. The highest BCUT2D eigenvalue weighted by atomic mass is 32.2. The summed E-state index contributed by atoms with van der Waals surface area (Å²) in [4.78, 5) is 96.2. The van der Waals surface area contributed by atoms with Crippen LogP contribution in [0.25, 0.3) is 16.6 Å². The van der Waals surface area contributed by atoms with Gasteiger partial charge in [0.25, 0.3) is 5.91 Å². The number of nitrogens with one attached hydrogen (secondary N) is 5. The van der Waals surface area contributed by atoms with E-state index in [0.29, 0.717) is 99.5 Å². The van der Waals surface area contributed by atoms with Gasteiger partial charge in [-0.3, -0.25) is 43.3 Å². The number of aliphatic carboxylic acids is 2. The van der Waals surface area contributed by atoms with Crippen molar-refractivity contribution in [3.63, 3.8) is 0 Å². The van der Waals surface area contributed by atoms with Gasteiger partial charge in [0, 0.05) is 102 Å². The van der Waals surface area contributed by atoms with Gasteiger partial charge < -0.3 is 82.5 Å². The number of amides is 3. The number of aromatic amines is 1. The number of esters is 1. The zero-order chi connectivity index (χ0) is 70.6. The van der Waals surface area contributed by atoms with Gasteiger partial charge >= 0.3 is 17.9 Å². The summed E-state index contributed by atoms with van der Waals surface area (Å²) in [6.45, 7) is 8.65. The highest BCUT2D eigenvalue weighted by Gasteiger charge is 2.79. The number of carboxylic acid groups (broad SMARTS) is 2. The number of nitrogens with zero attached hydrogens (tertiary/aromatic N) is 6. The molecule has 2 saturated heterocycles. The maximum absolute atomic E-state index is 15.6. The first-order valence-corrected chi connectivity index (χ1v) is 34.1. The summed E-state index contributed by atoms with van der Waals surface area (Å²) in [7, 11) is 6.24. The van der Waals surface area contributed by atoms with Crippen molar-refractivity contribution >= 4 is 75.7 Å². The van der Waals surface area contributed by atoms with Crippen molar-refractivity contribution in [2.45, 2.75) is 142 Å². The molecule has 526 valence electrons. The molecule has 13 atom stereocenters. The third kappa shape index (κ3) is 12.0. The van der Waals surface area contributed by atoms with Crippen molar-refractivity contribution in [1.29, 1.82) is 0 Å². The number of hydrazone groups is 1. The van der Waals surface area contributed by atoms with Crippen LogP contribution in [0.15, 0.2) is 93.9 Å². The molecular formula is C69H89N13O15S. The largest absolute Gasteiger partial charge is 0.496 e. The van der Waals surface area contributed by atoms with Crippen LogP contribution in [-0.4, -0.2) is 223 Å². The van der Waals surface area contributed by atoms with Crippen LogP contribution < -0.4 is 42.5 Å². The number of nitrogens with two attached hydrogens (primary N) is 2. The third-order valence-electron chi connectivity index (χ3n) is 21.6. The number of piperidine rings is 1. The van der Waals surface area contributed by atoms with Gasteiger partial charge in [0.05, 0.1) is 54.6 Å². The Balaban J connectivity index is 0.874. The Labute approximate surface area is 570 Å². The summed E-state index contributed by atoms with van der Waals surface area (Å²) in [5.41, 5.74) is 11.4. The molecule has 6 aliphatic rings. The van der Waals surface area contributed by atoms with Gasteiger partial charge in [0.2, 0.25) is 17.7 Å². The zero-order valence-electron chi connectivity index (χ0n) is 56.0. The molecule has 1 unspecified atom stereocenters. The van der Waals surface area contributed by atoms with Crippen molar-refractivity contribution in [2.75, 3.05) is 78.2 Å². The van der Waals surface area contributed by atoms with Gasteiger partial charge in [-0.25, -0.2) is 10.2 Å². The number of hydrogen-bond donors (Lipinski definition) is 14. The molecule has 28 nitrogen and oxygen atoms in total. The second-order valence-corrected chi connectivity index (χ2v) is 28.1. The van der Waals surface area contributed by atoms with Gasteiger partial charge in [-0.2, -0.15) is 5.10 Å². The fraction of sp³-hybridized carbons (Fsp3) is 0.507. The number of fused-ring (bicyclic) bond motifs is 6. The monoisotopic (exact) mass is 1370 g/mol. The Morgan fingerprint density at radius 1 is 0.898 bits per heavy atom. The molecule has 11 rings (SSSR count). The van der Waals surface area contributed by atoms with E-state index in [2.05, 4.69) is 52.3 Å². The smallest absolute Gasteiger partial charge is 0.327 e. The van der Waals surface area contributed by atoms with E-state index in [-0.39, 0.29) is 47.6 Å². The zero-order valence-corrected chi connectivity index (χ0v) is 56.8. The number of aromatic hydroxyl groups is 2. The molecule has 5 aliphatic heterocycles. The lowest BCUT2D eigenvalue weighted by Gasteiger charge is -2.63. The van der Waals surface area contributed by atoms with Crippen LogP contribution in [0, 0.1) is 11.3 Å². The predicted molar refractivity (Wildman–Crippen MR) is 366 cm³/mol. The fourth-order valence-corrected chi connectivity index (χ4v) is 18.2. The van der Waals surface area contributed by atoms with Crippen LogP contribution in [0.3, 0.4) is 0 Å². The second-order valence-electron chi connectivity index (χ2n) is 27.0. The molecule has 0 radical (unpaired) electrons. The molecule has 29 heteroatoms. The average molecular weight is 1370 g/mol. The molecule has 3 fully saturated rings. The van der Waals surface area contributed by atoms with E-state index in [1.807, 2.05) is 61.2 Å². The van der Waals surface area contributed by atoms with Crippen molar-refractivity contribution < 1.29 is 74.0 Å². The van der Waals surface area contributed by atoms with E-state index in [1.165, 1.54) is 20.2 Å². The number of benzene rings is 3. The number of carbonyl (C=O) groups excluding carboxylic acids is 4. The van der Waals surface area contributed by atoms with E-state index >= 15 is 9.59 Å². The number of likely N-dealkylation sites (N-methyl/N-ethyl adjacent to an activating group) is 2. The van der Waals surface area contributed by atoms with Gasteiger partial charge in [-0.15, -0.1) is 11.8 Å². The van der Waals surface area contributed by atoms with Crippen LogP contribution in [0.5, 0.6) is 17.5 Å². The fourth-order valence-electron chi connectivity index (χ4n) is 17.2. The predicted octanol–water partition coefficient (Wildman–Crippen LogP) is 2.25. The number of aliphatic imine (C=N–C) groups is 1. The lowest BCUT2D eigenvalue weighted by Crippen LogP contribution is -2.81. The number of aromatic nitrogens is 2. The summed E-state index contributed by atoms with van der Waals surface area (Å²) in [5, 5.41) is 94.5. The first kappa shape index (κ1) is 70.6. The van der Waals surface area contributed by atoms with E-state index in [1.54, 1.807) is 45.3 Å². The molecule has 98 heavy (non-hydrogen) atoms. The minimum Gasteiger partial charge on any atom is -0.496 e. The van der Waals surface area contributed by atoms with Gasteiger partial charge in [-0.05, 0) is 119 Å². The first-order chi connectivity index (χ1) is 46.7. The molecule has 2 aromatic heterocycles. The van der Waals surface area contributed by atoms with Crippen molar-refractivity contribution in [2.24, 2.45) is 32.9 Å². The summed E-state index contributed by atoms with van der Waals surface area (Å²) < 4.78 is 13.5. The summed E-state index contributed by atoms with van der Waals surface area (Å²) in [5.74, 6) is -7.57. The Hall–Kier alpha value is -8.71. The highest BCUT2D eigenvalue weighted by Crippen LogP contribution is 2.68.